The minimum Gasteiger partial charge on any atom is -0.484 e. The molecule has 0 spiro atoms. The molecule has 0 aliphatic rings. The topological polar surface area (TPSA) is 58.6 Å². The van der Waals surface area contributed by atoms with Crippen molar-refractivity contribution >= 4 is 17.5 Å². The smallest absolute Gasteiger partial charge is 0.416 e. The Morgan fingerprint density at radius 1 is 1.07 bits per heavy atom. The third-order valence-electron chi connectivity index (χ3n) is 4.02. The highest BCUT2D eigenvalue weighted by Gasteiger charge is 2.30. The van der Waals surface area contributed by atoms with Crippen molar-refractivity contribution in [2.24, 2.45) is 0 Å². The van der Waals surface area contributed by atoms with Gasteiger partial charge < -0.3 is 15.0 Å². The van der Waals surface area contributed by atoms with Crippen LogP contribution in [0.1, 0.15) is 18.1 Å². The Bertz CT molecular complexity index is 820. The molecule has 0 atom stereocenters. The fourth-order valence-corrected chi connectivity index (χ4v) is 2.44. The molecule has 2 aromatic rings. The van der Waals surface area contributed by atoms with Crippen LogP contribution < -0.4 is 10.1 Å². The van der Waals surface area contributed by atoms with Crippen LogP contribution in [0.2, 0.25) is 0 Å². The summed E-state index contributed by atoms with van der Waals surface area (Å²) in [5, 5.41) is 2.76. The first-order valence-electron chi connectivity index (χ1n) is 8.62. The third-order valence-corrected chi connectivity index (χ3v) is 4.02. The number of likely N-dealkylation sites (N-methyl/N-ethyl adjacent to an activating group) is 1. The summed E-state index contributed by atoms with van der Waals surface area (Å²) in [5.41, 5.74) is 0.875. The highest BCUT2D eigenvalue weighted by atomic mass is 19.4. The number of anilines is 1. The van der Waals surface area contributed by atoms with Crippen molar-refractivity contribution < 1.29 is 27.5 Å². The molecule has 0 saturated heterocycles. The average molecular weight is 394 g/mol. The van der Waals surface area contributed by atoms with E-state index in [2.05, 4.69) is 5.32 Å². The number of alkyl halides is 3. The van der Waals surface area contributed by atoms with Crippen LogP contribution in [-0.4, -0.2) is 36.9 Å². The molecule has 0 bridgehead atoms. The van der Waals surface area contributed by atoms with E-state index in [9.17, 15) is 22.8 Å². The maximum Gasteiger partial charge on any atom is 0.416 e. The molecule has 0 saturated carbocycles. The van der Waals surface area contributed by atoms with Gasteiger partial charge in [0.2, 0.25) is 5.91 Å². The lowest BCUT2D eigenvalue weighted by atomic mass is 10.1. The number of ether oxygens (including phenoxy) is 1. The first-order valence-corrected chi connectivity index (χ1v) is 8.62. The zero-order valence-corrected chi connectivity index (χ0v) is 15.5. The first-order chi connectivity index (χ1) is 13.2. The van der Waals surface area contributed by atoms with Gasteiger partial charge in [0.15, 0.2) is 6.61 Å². The van der Waals surface area contributed by atoms with E-state index >= 15 is 0 Å². The second kappa shape index (κ2) is 9.25. The Balaban J connectivity index is 1.84. The zero-order chi connectivity index (χ0) is 20.7. The number of para-hydroxylation sites is 1. The normalized spacial score (nSPS) is 11.0. The lowest BCUT2D eigenvalue weighted by Gasteiger charge is -2.18. The Morgan fingerprint density at radius 2 is 1.71 bits per heavy atom. The summed E-state index contributed by atoms with van der Waals surface area (Å²) in [5.74, 6) is -0.693. The molecular formula is C20H21F3N2O3. The molecule has 1 N–H and O–H groups in total. The van der Waals surface area contributed by atoms with Gasteiger partial charge in [-0.25, -0.2) is 0 Å². The molecule has 8 heteroatoms. The largest absolute Gasteiger partial charge is 0.484 e. The van der Waals surface area contributed by atoms with Gasteiger partial charge in [0.1, 0.15) is 5.75 Å². The van der Waals surface area contributed by atoms with E-state index in [4.69, 9.17) is 4.74 Å². The number of hydrogen-bond acceptors (Lipinski definition) is 3. The lowest BCUT2D eigenvalue weighted by Crippen LogP contribution is -2.37. The van der Waals surface area contributed by atoms with Gasteiger partial charge in [-0.1, -0.05) is 25.1 Å². The Labute approximate surface area is 161 Å². The molecule has 150 valence electrons. The molecule has 2 amide bonds. The van der Waals surface area contributed by atoms with Crippen LogP contribution in [0.5, 0.6) is 5.75 Å². The number of halogens is 3. The minimum atomic E-state index is -4.43. The molecule has 28 heavy (non-hydrogen) atoms. The Hall–Kier alpha value is -3.03. The molecule has 0 heterocycles. The van der Waals surface area contributed by atoms with E-state index in [1.54, 1.807) is 6.07 Å². The molecule has 0 radical (unpaired) electrons. The fraction of sp³-hybridized carbons (Fsp3) is 0.300. The second-order valence-corrected chi connectivity index (χ2v) is 6.12. The van der Waals surface area contributed by atoms with Crippen LogP contribution in [-0.2, 0) is 22.2 Å². The van der Waals surface area contributed by atoms with Crippen LogP contribution in [0.15, 0.2) is 48.5 Å². The third kappa shape index (κ3) is 6.00. The number of nitrogens with zero attached hydrogens (tertiary/aromatic N) is 1. The van der Waals surface area contributed by atoms with Gasteiger partial charge >= 0.3 is 6.18 Å². The maximum atomic E-state index is 12.5. The van der Waals surface area contributed by atoms with Crippen LogP contribution in [0, 0.1) is 0 Å². The summed E-state index contributed by atoms with van der Waals surface area (Å²) >= 11 is 0. The van der Waals surface area contributed by atoms with Crippen LogP contribution in [0.25, 0.3) is 0 Å². The summed E-state index contributed by atoms with van der Waals surface area (Å²) < 4.78 is 42.8. The quantitative estimate of drug-likeness (QED) is 0.778. The van der Waals surface area contributed by atoms with Crippen molar-refractivity contribution in [3.8, 4) is 5.75 Å². The minimum absolute atomic E-state index is 0.135. The van der Waals surface area contributed by atoms with Crippen molar-refractivity contribution in [1.29, 1.82) is 0 Å². The number of carbonyl (C=O) groups is 2. The lowest BCUT2D eigenvalue weighted by molar-refractivity contribution is -0.137. The van der Waals surface area contributed by atoms with Crippen LogP contribution in [0.3, 0.4) is 0 Å². The number of benzene rings is 2. The van der Waals surface area contributed by atoms with Crippen LogP contribution >= 0.6 is 0 Å². The predicted octanol–water partition coefficient (Wildman–Crippen LogP) is 3.74. The van der Waals surface area contributed by atoms with Crippen molar-refractivity contribution in [2.75, 3.05) is 25.5 Å². The summed E-state index contributed by atoms with van der Waals surface area (Å²) in [6.45, 7) is 1.41. The summed E-state index contributed by atoms with van der Waals surface area (Å²) in [4.78, 5) is 25.4. The highest BCUT2D eigenvalue weighted by molar-refractivity contribution is 5.95. The fourth-order valence-electron chi connectivity index (χ4n) is 2.44. The van der Waals surface area contributed by atoms with Gasteiger partial charge in [0, 0.05) is 12.7 Å². The van der Waals surface area contributed by atoms with E-state index in [0.717, 1.165) is 36.2 Å². The molecule has 0 unspecified atom stereocenters. The van der Waals surface area contributed by atoms with E-state index < -0.39 is 17.6 Å². The molecule has 2 aromatic carbocycles. The highest BCUT2D eigenvalue weighted by Crippen LogP contribution is 2.30. The number of amides is 2. The van der Waals surface area contributed by atoms with Crippen molar-refractivity contribution in [2.45, 2.75) is 19.5 Å². The second-order valence-electron chi connectivity index (χ2n) is 6.12. The SMILES string of the molecule is CCc1ccccc1NC(=O)CN(C)C(=O)COc1ccc(C(F)(F)F)cc1. The number of nitrogens with one attached hydrogen (secondary N) is 1. The number of aryl methyl sites for hydroxylation is 1. The van der Waals surface area contributed by atoms with Crippen LogP contribution in [0.4, 0.5) is 18.9 Å². The van der Waals surface area contributed by atoms with Gasteiger partial charge in [-0.15, -0.1) is 0 Å². The maximum absolute atomic E-state index is 12.5. The van der Waals surface area contributed by atoms with E-state index in [1.807, 2.05) is 25.1 Å². The molecule has 0 aliphatic heterocycles. The van der Waals surface area contributed by atoms with Crippen molar-refractivity contribution in [3.05, 3.63) is 59.7 Å². The van der Waals surface area contributed by atoms with Gasteiger partial charge in [0.05, 0.1) is 12.1 Å². The summed E-state index contributed by atoms with van der Waals surface area (Å²) in [6, 6.07) is 11.4. The summed E-state index contributed by atoms with van der Waals surface area (Å²) in [7, 11) is 1.45. The van der Waals surface area contributed by atoms with E-state index in [1.165, 1.54) is 11.9 Å². The monoisotopic (exact) mass is 394 g/mol. The Morgan fingerprint density at radius 3 is 2.32 bits per heavy atom. The Kier molecular flexibility index (Phi) is 7.03. The number of rotatable bonds is 7. The zero-order valence-electron chi connectivity index (χ0n) is 15.5. The molecule has 0 fully saturated rings. The van der Waals surface area contributed by atoms with E-state index in [0.29, 0.717) is 5.69 Å². The predicted molar refractivity (Wildman–Crippen MR) is 99.0 cm³/mol. The van der Waals surface area contributed by atoms with Gasteiger partial charge in [-0.3, -0.25) is 9.59 Å². The molecular weight excluding hydrogens is 373 g/mol. The number of hydrogen-bond donors (Lipinski definition) is 1. The average Bonchev–Trinajstić information content (AvgIpc) is 2.66. The molecule has 0 aliphatic carbocycles. The standard InChI is InChI=1S/C20H21F3N2O3/c1-3-14-6-4-5-7-17(14)24-18(26)12-25(2)19(27)13-28-16-10-8-15(9-11-16)20(21,22)23/h4-11H,3,12-13H2,1-2H3,(H,24,26). The molecule has 5 nitrogen and oxygen atoms in total. The number of carbonyl (C=O) groups excluding carboxylic acids is 2. The molecule has 2 rings (SSSR count). The van der Waals surface area contributed by atoms with Gasteiger partial charge in [-0.05, 0) is 42.3 Å². The van der Waals surface area contributed by atoms with E-state index in [-0.39, 0.29) is 24.8 Å². The first kappa shape index (κ1) is 21.3. The van der Waals surface area contributed by atoms with Gasteiger partial charge in [-0.2, -0.15) is 13.2 Å². The van der Waals surface area contributed by atoms with Crippen molar-refractivity contribution in [3.63, 3.8) is 0 Å². The summed E-state index contributed by atoms with van der Waals surface area (Å²) in [6.07, 6.45) is -3.68. The molecule has 0 aromatic heterocycles. The van der Waals surface area contributed by atoms with Gasteiger partial charge in [0.25, 0.3) is 5.91 Å². The van der Waals surface area contributed by atoms with Crippen molar-refractivity contribution in [1.82, 2.24) is 4.90 Å².